The number of hydrogen-bond acceptors (Lipinski definition) is 16. The van der Waals surface area contributed by atoms with E-state index in [1.807, 2.05) is 18.2 Å². The van der Waals surface area contributed by atoms with Crippen LogP contribution < -0.4 is 18.9 Å². The summed E-state index contributed by atoms with van der Waals surface area (Å²) in [5.41, 5.74) is -0.619. The summed E-state index contributed by atoms with van der Waals surface area (Å²) >= 11 is 8.00. The number of fused-ring (bicyclic) bond motifs is 1. The normalized spacial score (nSPS) is 18.3. The van der Waals surface area contributed by atoms with Crippen molar-refractivity contribution in [2.75, 3.05) is 40.1 Å². The largest absolute Gasteiger partial charge is 0.542 e. The number of imide groups is 1. The number of nitrogens with zero attached hydrogens (tertiary/aromatic N) is 4. The molecule has 18 nitrogen and oxygen atoms in total. The first-order chi connectivity index (χ1) is 35.0. The highest BCUT2D eigenvalue weighted by molar-refractivity contribution is 8.14. The second kappa shape index (κ2) is 24.2. The maximum absolute atomic E-state index is 15.3. The molecule has 2 aliphatic heterocycles. The van der Waals surface area contributed by atoms with Crippen LogP contribution >= 0.6 is 23.4 Å². The number of β-lactam (4-membered cyclic amide) rings is 1. The van der Waals surface area contributed by atoms with Crippen molar-refractivity contribution in [3.05, 3.63) is 118 Å². The predicted octanol–water partition coefficient (Wildman–Crippen LogP) is 7.65. The van der Waals surface area contributed by atoms with Gasteiger partial charge in [-0.3, -0.25) is 23.4 Å². The fraction of sp³-hybridized carbons (Fsp3) is 0.404. The Bertz CT molecular complexity index is 2770. The number of rotatable bonds is 20. The maximum atomic E-state index is 15.3. The lowest BCUT2D eigenvalue weighted by atomic mass is 9.90. The molecular weight excluding hydrogens is 1010 g/mol. The second-order valence-electron chi connectivity index (χ2n) is 19.1. The van der Waals surface area contributed by atoms with E-state index in [0.717, 1.165) is 27.9 Å². The van der Waals surface area contributed by atoms with Crippen LogP contribution in [-0.4, -0.2) is 129 Å². The van der Waals surface area contributed by atoms with Crippen molar-refractivity contribution in [2.45, 2.75) is 88.3 Å². The summed E-state index contributed by atoms with van der Waals surface area (Å²) in [5, 5.41) is 3.95. The first-order valence-electron chi connectivity index (χ1n) is 23.3. The molecule has 2 saturated heterocycles. The molecule has 4 aromatic carbocycles. The molecule has 4 aromatic rings. The highest BCUT2D eigenvalue weighted by Gasteiger charge is 2.67. The molecule has 6 rings (SSSR count). The minimum atomic E-state index is -2.20. The molecule has 2 heterocycles. The Kier molecular flexibility index (Phi) is 18.5. The zero-order chi connectivity index (χ0) is 54.1. The fourth-order valence-electron chi connectivity index (χ4n) is 7.72. The number of ether oxygens (including phenoxy) is 6. The van der Waals surface area contributed by atoms with E-state index in [-0.39, 0.29) is 59.7 Å². The number of ketones is 1. The van der Waals surface area contributed by atoms with Gasteiger partial charge in [0.25, 0.3) is 5.91 Å². The minimum absolute atomic E-state index is 0.0292. The molecule has 74 heavy (non-hydrogen) atoms. The first kappa shape index (κ1) is 56.7. The van der Waals surface area contributed by atoms with Crippen LogP contribution in [0.4, 0.5) is 9.59 Å². The number of thioether (sulfide) groups is 1. The van der Waals surface area contributed by atoms with Crippen molar-refractivity contribution in [2.24, 2.45) is 11.0 Å². The minimum Gasteiger partial charge on any atom is -0.542 e. The van der Waals surface area contributed by atoms with Crippen LogP contribution in [0.25, 0.3) is 0 Å². The monoisotopic (exact) mass is 1070 g/mol. The average molecular weight is 1070 g/mol. The van der Waals surface area contributed by atoms with Gasteiger partial charge in [-0.1, -0.05) is 66.2 Å². The van der Waals surface area contributed by atoms with Gasteiger partial charge in [0.15, 0.2) is 17.2 Å². The fourth-order valence-corrected chi connectivity index (χ4v) is 11.8. The number of Topliss-reactive ketones (excluding diaryl/α,β-unsaturated/α-hetero) is 1. The van der Waals surface area contributed by atoms with Gasteiger partial charge < -0.3 is 38.0 Å². The zero-order valence-corrected chi connectivity index (χ0v) is 44.9. The van der Waals surface area contributed by atoms with Gasteiger partial charge in [-0.15, -0.1) is 11.8 Å². The van der Waals surface area contributed by atoms with Gasteiger partial charge in [0.1, 0.15) is 47.1 Å². The Morgan fingerprint density at radius 2 is 1.38 bits per heavy atom. The summed E-state index contributed by atoms with van der Waals surface area (Å²) in [4.78, 5) is 85.2. The molecular formula is C52H58BClN4O14S2. The summed E-state index contributed by atoms with van der Waals surface area (Å²) in [6.07, 6.45) is -2.31. The SMILES string of the molecule is [B]OC(=O)C1(SCCN(C(=O)OC(C)(C)C)C(=O)/C(=N\N(C)C(=O)OC(C)(C)C)c2ccc(OCc3ccc(OC)cc3)c(OCc3ccc(OC)cc3)c2Cl)CN2C(=O)[C@@H](CC(=O)Cc3ccccc3)[C@H]2S1=O. The Balaban J connectivity index is 1.36. The van der Waals surface area contributed by atoms with Crippen molar-refractivity contribution >= 4 is 83.7 Å². The van der Waals surface area contributed by atoms with E-state index in [9.17, 15) is 28.2 Å². The van der Waals surface area contributed by atoms with Crippen LogP contribution in [0.15, 0.2) is 96.1 Å². The molecule has 0 bridgehead atoms. The zero-order valence-electron chi connectivity index (χ0n) is 42.5. The Morgan fingerprint density at radius 1 is 0.811 bits per heavy atom. The molecule has 0 aliphatic carbocycles. The summed E-state index contributed by atoms with van der Waals surface area (Å²) < 4.78 is 51.6. The number of amides is 4. The topological polar surface area (TPSA) is 206 Å². The van der Waals surface area contributed by atoms with Crippen LogP contribution in [0.2, 0.25) is 5.02 Å². The van der Waals surface area contributed by atoms with Crippen molar-refractivity contribution in [1.82, 2.24) is 14.8 Å². The van der Waals surface area contributed by atoms with Gasteiger partial charge in [-0.2, -0.15) is 5.10 Å². The molecule has 0 spiro atoms. The standard InChI is InChI=1S/C52H58BClN4O14S2/c1-50(2,3)70-48(63)56(7)55-42(38-23-24-40(68-29-33-15-19-36(66-8)20-16-33)43(41(38)54)69-30-34-17-21-37(67-9)22-18-34)45(61)57(49(64)71-51(4,5)6)25-26-73-52(47(62)72-53)31-58-44(60)39(46(58)74(52)65)28-35(59)27-32-13-11-10-12-14-32/h10-24,39,46H,25-31H2,1-9H3/b55-42-/t39-,46-,52?,74?/m1/s1. The number of hydrogen-bond donors (Lipinski definition) is 0. The van der Waals surface area contributed by atoms with E-state index in [4.69, 9.17) is 48.1 Å². The second-order valence-corrected chi connectivity index (χ2v) is 22.9. The van der Waals surface area contributed by atoms with Gasteiger partial charge in [0, 0.05) is 37.8 Å². The third-order valence-corrected chi connectivity index (χ3v) is 15.7. The van der Waals surface area contributed by atoms with Gasteiger partial charge in [-0.05, 0) is 94.6 Å². The Hall–Kier alpha value is -6.58. The lowest BCUT2D eigenvalue weighted by Crippen LogP contribution is -2.59. The molecule has 392 valence electrons. The van der Waals surface area contributed by atoms with E-state index in [1.165, 1.54) is 31.2 Å². The van der Waals surface area contributed by atoms with Crippen LogP contribution in [-0.2, 0) is 63.7 Å². The van der Waals surface area contributed by atoms with Gasteiger partial charge in [-0.25, -0.2) is 19.5 Å². The smallest absolute Gasteiger partial charge is 0.430 e. The van der Waals surface area contributed by atoms with E-state index in [2.05, 4.69) is 9.76 Å². The lowest BCUT2D eigenvalue weighted by molar-refractivity contribution is -0.152. The summed E-state index contributed by atoms with van der Waals surface area (Å²) in [5.74, 6) is -2.90. The maximum Gasteiger partial charge on any atom is 0.430 e. The van der Waals surface area contributed by atoms with Gasteiger partial charge >= 0.3 is 26.2 Å². The quantitative estimate of drug-likeness (QED) is 0.0361. The van der Waals surface area contributed by atoms with Crippen LogP contribution in [0.1, 0.15) is 70.2 Å². The van der Waals surface area contributed by atoms with E-state index in [1.54, 1.807) is 109 Å². The molecule has 4 atom stereocenters. The van der Waals surface area contributed by atoms with Crippen LogP contribution in [0.3, 0.4) is 0 Å². The summed E-state index contributed by atoms with van der Waals surface area (Å²) in [6.45, 7) is 8.72. The van der Waals surface area contributed by atoms with Crippen molar-refractivity contribution < 1.29 is 66.1 Å². The number of methoxy groups -OCH3 is 2. The number of halogens is 1. The molecule has 2 fully saturated rings. The number of benzene rings is 4. The highest BCUT2D eigenvalue weighted by atomic mass is 35.5. The van der Waals surface area contributed by atoms with Gasteiger partial charge in [0.05, 0.1) is 42.5 Å². The third-order valence-electron chi connectivity index (χ3n) is 11.3. The van der Waals surface area contributed by atoms with Crippen molar-refractivity contribution in [3.63, 3.8) is 0 Å². The predicted molar refractivity (Wildman–Crippen MR) is 279 cm³/mol. The number of hydrazone groups is 1. The Morgan fingerprint density at radius 3 is 1.93 bits per heavy atom. The molecule has 0 aromatic heterocycles. The molecule has 0 saturated carbocycles. The molecule has 4 amide bonds. The van der Waals surface area contributed by atoms with Crippen LogP contribution in [0.5, 0.6) is 23.0 Å². The molecule has 2 radical (unpaired) electrons. The first-order valence-corrected chi connectivity index (χ1v) is 25.8. The molecule has 0 N–H and O–H groups in total. The van der Waals surface area contributed by atoms with E-state index >= 15 is 4.79 Å². The number of carbonyl (C=O) groups is 6. The summed E-state index contributed by atoms with van der Waals surface area (Å²) in [6, 6.07) is 26.1. The summed E-state index contributed by atoms with van der Waals surface area (Å²) in [7, 11) is 7.56. The Labute approximate surface area is 443 Å². The van der Waals surface area contributed by atoms with Crippen LogP contribution in [0, 0.1) is 5.92 Å². The third kappa shape index (κ3) is 13.8. The number of carbonyl (C=O) groups excluding carboxylic acids is 6. The molecule has 22 heteroatoms. The van der Waals surface area contributed by atoms with E-state index in [0.29, 0.717) is 22.0 Å². The highest BCUT2D eigenvalue weighted by Crippen LogP contribution is 2.49. The lowest BCUT2D eigenvalue weighted by Gasteiger charge is -2.40. The van der Waals surface area contributed by atoms with Crippen molar-refractivity contribution in [1.29, 1.82) is 0 Å². The van der Waals surface area contributed by atoms with Crippen molar-refractivity contribution in [3.8, 4) is 23.0 Å². The van der Waals surface area contributed by atoms with Gasteiger partial charge in [0.2, 0.25) is 9.99 Å². The average Bonchev–Trinajstić information content (AvgIpc) is 3.62. The van der Waals surface area contributed by atoms with E-state index < -0.39 is 86.1 Å². The molecule has 2 aliphatic rings. The molecule has 2 unspecified atom stereocenters.